The molecule has 0 aromatic rings. The number of urea groups is 1. The van der Waals surface area contributed by atoms with E-state index in [-0.39, 0.29) is 6.03 Å². The van der Waals surface area contributed by atoms with Gasteiger partial charge in [0.1, 0.15) is 0 Å². The lowest BCUT2D eigenvalue weighted by Crippen LogP contribution is -2.38. The van der Waals surface area contributed by atoms with Gasteiger partial charge in [-0.1, -0.05) is 0 Å². The monoisotopic (exact) mass is 247 g/mol. The highest BCUT2D eigenvalue weighted by Gasteiger charge is 2.18. The van der Waals surface area contributed by atoms with Crippen LogP contribution in [0, 0.1) is 0 Å². The van der Waals surface area contributed by atoms with Gasteiger partial charge in [0.05, 0.1) is 0 Å². The number of amides is 2. The lowest BCUT2D eigenvalue weighted by Gasteiger charge is -2.17. The molecule has 1 fully saturated rings. The van der Waals surface area contributed by atoms with Crippen LogP contribution in [0.5, 0.6) is 0 Å². The first-order valence-corrected chi connectivity index (χ1v) is 7.38. The number of nitrogens with one attached hydrogen (secondary N) is 2. The van der Waals surface area contributed by atoms with Crippen molar-refractivity contribution in [1.82, 2.24) is 15.5 Å². The molecule has 2 amide bonds. The minimum absolute atomic E-state index is 0.0316. The average Bonchev–Trinajstić information content (AvgIpc) is 2.61. The summed E-state index contributed by atoms with van der Waals surface area (Å²) in [6.07, 6.45) is 2.64. The van der Waals surface area contributed by atoms with E-state index in [1.54, 1.807) is 11.2 Å². The fourth-order valence-electron chi connectivity index (χ4n) is 1.62. The van der Waals surface area contributed by atoms with E-state index in [2.05, 4.69) is 17.6 Å². The quantitative estimate of drug-likeness (QED) is 0.652. The Bertz CT molecular complexity index is 260. The number of hydrogen-bond donors (Lipinski definition) is 2. The molecular weight excluding hydrogens is 226 g/mol. The molecule has 0 aromatic heterocycles. The van der Waals surface area contributed by atoms with Crippen LogP contribution in [0.1, 0.15) is 13.3 Å². The fourth-order valence-corrected chi connectivity index (χ4v) is 2.30. The van der Waals surface area contributed by atoms with Gasteiger partial charge in [0.25, 0.3) is 0 Å². The molecule has 0 spiro atoms. The highest BCUT2D eigenvalue weighted by molar-refractivity contribution is 7.84. The summed E-state index contributed by atoms with van der Waals surface area (Å²) in [6, 6.07) is 0.388. The Kier molecular flexibility index (Phi) is 5.76. The number of hydrogen-bond acceptors (Lipinski definition) is 3. The van der Waals surface area contributed by atoms with Crippen LogP contribution in [0.4, 0.5) is 4.79 Å². The van der Waals surface area contributed by atoms with Gasteiger partial charge < -0.3 is 15.5 Å². The maximum atomic E-state index is 11.2. The molecule has 5 nitrogen and oxygen atoms in total. The van der Waals surface area contributed by atoms with Crippen LogP contribution < -0.4 is 10.6 Å². The zero-order chi connectivity index (χ0) is 12.0. The molecule has 2 N–H and O–H groups in total. The molecule has 2 atom stereocenters. The van der Waals surface area contributed by atoms with Gasteiger partial charge in [0, 0.05) is 55.0 Å². The minimum Gasteiger partial charge on any atom is -0.336 e. The van der Waals surface area contributed by atoms with Gasteiger partial charge in [-0.25, -0.2) is 4.79 Å². The van der Waals surface area contributed by atoms with E-state index >= 15 is 0 Å². The summed E-state index contributed by atoms with van der Waals surface area (Å²) >= 11 is 0. The molecule has 94 valence electrons. The molecule has 2 unspecified atom stereocenters. The van der Waals surface area contributed by atoms with Crippen molar-refractivity contribution in [3.63, 3.8) is 0 Å². The maximum Gasteiger partial charge on any atom is 0.317 e. The van der Waals surface area contributed by atoms with Crippen LogP contribution >= 0.6 is 0 Å². The lowest BCUT2D eigenvalue weighted by atomic mass is 10.2. The summed E-state index contributed by atoms with van der Waals surface area (Å²) in [4.78, 5) is 13.0. The first-order valence-electron chi connectivity index (χ1n) is 5.66. The highest BCUT2D eigenvalue weighted by atomic mass is 32.2. The van der Waals surface area contributed by atoms with Crippen LogP contribution in [0.2, 0.25) is 0 Å². The van der Waals surface area contributed by atoms with Gasteiger partial charge in [0.2, 0.25) is 0 Å². The first kappa shape index (κ1) is 13.4. The second-order valence-corrected chi connectivity index (χ2v) is 5.69. The largest absolute Gasteiger partial charge is 0.336 e. The number of carbonyl (C=O) groups is 1. The van der Waals surface area contributed by atoms with Crippen LogP contribution in [-0.4, -0.2) is 59.4 Å². The van der Waals surface area contributed by atoms with E-state index in [0.717, 1.165) is 38.4 Å². The third-order valence-electron chi connectivity index (χ3n) is 2.66. The average molecular weight is 247 g/mol. The Hall–Kier alpha value is -0.620. The summed E-state index contributed by atoms with van der Waals surface area (Å²) in [7, 11) is -0.714. The molecule has 1 saturated heterocycles. The Morgan fingerprint density at radius 3 is 2.94 bits per heavy atom. The first-order chi connectivity index (χ1) is 7.59. The second kappa shape index (κ2) is 6.85. The summed E-state index contributed by atoms with van der Waals surface area (Å²) in [5.74, 6) is 0.734. The lowest BCUT2D eigenvalue weighted by molar-refractivity contribution is 0.217. The zero-order valence-electron chi connectivity index (χ0n) is 9.99. The Morgan fingerprint density at radius 2 is 2.38 bits per heavy atom. The van der Waals surface area contributed by atoms with Gasteiger partial charge in [-0.3, -0.25) is 4.21 Å². The Labute approximate surface area is 99.4 Å². The molecular formula is C10H21N3O2S. The SMILES string of the molecule is CC(CCS(C)=O)NCCN1CCNC1=O. The van der Waals surface area contributed by atoms with Crippen molar-refractivity contribution in [2.24, 2.45) is 0 Å². The molecule has 0 saturated carbocycles. The van der Waals surface area contributed by atoms with E-state index in [9.17, 15) is 9.00 Å². The normalized spacial score (nSPS) is 19.6. The number of rotatable bonds is 7. The van der Waals surface area contributed by atoms with Gasteiger partial charge in [-0.15, -0.1) is 0 Å². The number of carbonyl (C=O) groups excluding carboxylic acids is 1. The van der Waals surface area contributed by atoms with Crippen molar-refractivity contribution in [3.05, 3.63) is 0 Å². The van der Waals surface area contributed by atoms with Crippen molar-refractivity contribution in [3.8, 4) is 0 Å². The van der Waals surface area contributed by atoms with Crippen molar-refractivity contribution < 1.29 is 9.00 Å². The van der Waals surface area contributed by atoms with Crippen LogP contribution in [-0.2, 0) is 10.8 Å². The van der Waals surface area contributed by atoms with Crippen molar-refractivity contribution >= 4 is 16.8 Å². The molecule has 1 rings (SSSR count). The minimum atomic E-state index is -0.714. The third kappa shape index (κ3) is 4.94. The highest BCUT2D eigenvalue weighted by Crippen LogP contribution is 1.96. The molecule has 6 heteroatoms. The van der Waals surface area contributed by atoms with Gasteiger partial charge in [-0.2, -0.15) is 0 Å². The standard InChI is InChI=1S/C10H21N3O2S/c1-9(3-8-16(2)15)11-4-6-13-7-5-12-10(13)14/h9,11H,3-8H2,1-2H3,(H,12,14). The molecule has 1 aliphatic heterocycles. The maximum absolute atomic E-state index is 11.2. The van der Waals surface area contributed by atoms with Gasteiger partial charge >= 0.3 is 6.03 Å². The second-order valence-electron chi connectivity index (χ2n) is 4.14. The zero-order valence-corrected chi connectivity index (χ0v) is 10.8. The summed E-state index contributed by atoms with van der Waals surface area (Å²) in [5, 5.41) is 6.10. The molecule has 1 aliphatic rings. The van der Waals surface area contributed by atoms with Crippen molar-refractivity contribution in [2.45, 2.75) is 19.4 Å². The Morgan fingerprint density at radius 1 is 1.62 bits per heavy atom. The van der Waals surface area contributed by atoms with Gasteiger partial charge in [0.15, 0.2) is 0 Å². The molecule has 0 aliphatic carbocycles. The molecule has 0 aromatic carbocycles. The fraction of sp³-hybridized carbons (Fsp3) is 0.900. The van der Waals surface area contributed by atoms with Crippen LogP contribution in [0.25, 0.3) is 0 Å². The van der Waals surface area contributed by atoms with E-state index in [1.165, 1.54) is 0 Å². The summed E-state index contributed by atoms with van der Waals surface area (Å²) in [6.45, 7) is 5.17. The predicted molar refractivity (Wildman–Crippen MR) is 66.0 cm³/mol. The van der Waals surface area contributed by atoms with E-state index < -0.39 is 10.8 Å². The van der Waals surface area contributed by atoms with Crippen LogP contribution in [0.15, 0.2) is 0 Å². The van der Waals surface area contributed by atoms with E-state index in [0.29, 0.717) is 6.04 Å². The number of nitrogens with zero attached hydrogens (tertiary/aromatic N) is 1. The van der Waals surface area contributed by atoms with E-state index in [1.807, 2.05) is 0 Å². The van der Waals surface area contributed by atoms with E-state index in [4.69, 9.17) is 0 Å². The molecule has 1 heterocycles. The summed E-state index contributed by atoms with van der Waals surface area (Å²) < 4.78 is 10.9. The smallest absolute Gasteiger partial charge is 0.317 e. The molecule has 0 radical (unpaired) electrons. The molecule has 16 heavy (non-hydrogen) atoms. The van der Waals surface area contributed by atoms with Crippen molar-refractivity contribution in [1.29, 1.82) is 0 Å². The third-order valence-corrected chi connectivity index (χ3v) is 3.47. The predicted octanol–water partition coefficient (Wildman–Crippen LogP) is -0.242. The van der Waals surface area contributed by atoms with Crippen molar-refractivity contribution in [2.75, 3.05) is 38.2 Å². The topological polar surface area (TPSA) is 61.4 Å². The Balaban J connectivity index is 2.05. The van der Waals surface area contributed by atoms with Gasteiger partial charge in [-0.05, 0) is 13.3 Å². The van der Waals surface area contributed by atoms with Crippen LogP contribution in [0.3, 0.4) is 0 Å². The summed E-state index contributed by atoms with van der Waals surface area (Å²) in [5.41, 5.74) is 0. The molecule has 0 bridgehead atoms.